The maximum Gasteiger partial charge on any atom is 0.261 e. The molecule has 10 heteroatoms. The van der Waals surface area contributed by atoms with Crippen LogP contribution in [0.25, 0.3) is 0 Å². The summed E-state index contributed by atoms with van der Waals surface area (Å²) in [6, 6.07) is 10.9. The van der Waals surface area contributed by atoms with Gasteiger partial charge in [0, 0.05) is 11.7 Å². The summed E-state index contributed by atoms with van der Waals surface area (Å²) in [4.78, 5) is 14.4. The first-order chi connectivity index (χ1) is 15.3. The molecule has 8 nitrogen and oxygen atoms in total. The van der Waals surface area contributed by atoms with Crippen molar-refractivity contribution in [3.63, 3.8) is 0 Å². The van der Waals surface area contributed by atoms with E-state index >= 15 is 0 Å². The second-order valence-corrected chi connectivity index (χ2v) is 9.68. The van der Waals surface area contributed by atoms with Crippen LogP contribution in [0.5, 0.6) is 11.5 Å². The molecular formula is C22H28ClN3O5S. The fourth-order valence-corrected chi connectivity index (χ4v) is 4.72. The smallest absolute Gasteiger partial charge is 0.261 e. The van der Waals surface area contributed by atoms with Crippen LogP contribution in [0.3, 0.4) is 0 Å². The van der Waals surface area contributed by atoms with Crippen LogP contribution in [0.15, 0.2) is 47.4 Å². The summed E-state index contributed by atoms with van der Waals surface area (Å²) in [5, 5.41) is 3.06. The van der Waals surface area contributed by atoms with Crippen molar-refractivity contribution in [2.75, 3.05) is 38.1 Å². The summed E-state index contributed by atoms with van der Waals surface area (Å²) in [6.45, 7) is 4.09. The molecule has 2 aromatic carbocycles. The summed E-state index contributed by atoms with van der Waals surface area (Å²) in [7, 11) is -1.79. The number of ether oxygens (including phenoxy) is 2. The zero-order valence-corrected chi connectivity index (χ0v) is 19.7. The van der Waals surface area contributed by atoms with E-state index in [-0.39, 0.29) is 34.2 Å². The van der Waals surface area contributed by atoms with Crippen LogP contribution >= 0.6 is 11.6 Å². The van der Waals surface area contributed by atoms with Crippen LogP contribution in [-0.4, -0.2) is 58.6 Å². The van der Waals surface area contributed by atoms with E-state index in [0.717, 1.165) is 25.9 Å². The van der Waals surface area contributed by atoms with Gasteiger partial charge in [0.15, 0.2) is 6.61 Å². The summed E-state index contributed by atoms with van der Waals surface area (Å²) in [6.07, 6.45) is 1.80. The number of carbonyl (C=O) groups is 1. The molecule has 1 heterocycles. The predicted molar refractivity (Wildman–Crippen MR) is 124 cm³/mol. The largest absolute Gasteiger partial charge is 0.494 e. The summed E-state index contributed by atoms with van der Waals surface area (Å²) < 4.78 is 38.7. The average molecular weight is 482 g/mol. The van der Waals surface area contributed by atoms with Gasteiger partial charge in [-0.3, -0.25) is 9.52 Å². The molecule has 1 amide bonds. The van der Waals surface area contributed by atoms with Gasteiger partial charge in [0.1, 0.15) is 11.5 Å². The van der Waals surface area contributed by atoms with Crippen LogP contribution in [0, 0.1) is 0 Å². The second kappa shape index (κ2) is 10.9. The molecule has 0 aliphatic carbocycles. The molecule has 0 spiro atoms. The van der Waals surface area contributed by atoms with E-state index in [1.165, 1.54) is 18.2 Å². The van der Waals surface area contributed by atoms with E-state index in [1.54, 1.807) is 24.3 Å². The maximum atomic E-state index is 12.7. The number of amides is 1. The number of anilines is 1. The van der Waals surface area contributed by atoms with Gasteiger partial charge in [-0.15, -0.1) is 0 Å². The molecule has 2 N–H and O–H groups in total. The number of nitrogens with one attached hydrogen (secondary N) is 2. The molecule has 0 atom stereocenters. The Balaban J connectivity index is 1.57. The Labute approximate surface area is 193 Å². The summed E-state index contributed by atoms with van der Waals surface area (Å²) >= 11 is 6.21. The van der Waals surface area contributed by atoms with Crippen molar-refractivity contribution in [2.24, 2.45) is 0 Å². The van der Waals surface area contributed by atoms with Crippen molar-refractivity contribution in [2.45, 2.75) is 30.7 Å². The minimum Gasteiger partial charge on any atom is -0.494 e. The number of likely N-dealkylation sites (tertiary alicyclic amines) is 1. The van der Waals surface area contributed by atoms with Crippen LogP contribution in [-0.2, 0) is 14.8 Å². The number of piperidine rings is 1. The fourth-order valence-electron chi connectivity index (χ4n) is 3.33. The second-order valence-electron chi connectivity index (χ2n) is 7.59. The van der Waals surface area contributed by atoms with Crippen LogP contribution in [0.4, 0.5) is 5.69 Å². The standard InChI is InChI=1S/C22H28ClN3O5S/c1-3-30-18-6-4-17(5-7-18)25-32(28,29)19-8-9-21(20(23)14-19)31-15-22(27)24-16-10-12-26(2)13-11-16/h4-9,14,16,25H,3,10-13,15H2,1-2H3,(H,24,27). The number of carbonyl (C=O) groups excluding carboxylic acids is 1. The molecule has 0 saturated carbocycles. The Bertz CT molecular complexity index is 1020. The highest BCUT2D eigenvalue weighted by molar-refractivity contribution is 7.92. The van der Waals surface area contributed by atoms with Gasteiger partial charge in [-0.1, -0.05) is 11.6 Å². The number of nitrogens with zero attached hydrogens (tertiary/aromatic N) is 1. The quantitative estimate of drug-likeness (QED) is 0.571. The molecular weight excluding hydrogens is 454 g/mol. The topological polar surface area (TPSA) is 97.0 Å². The zero-order chi connectivity index (χ0) is 23.1. The van der Waals surface area contributed by atoms with Gasteiger partial charge in [-0.05, 0) is 82.4 Å². The van der Waals surface area contributed by atoms with Gasteiger partial charge in [-0.2, -0.15) is 0 Å². The van der Waals surface area contributed by atoms with Gasteiger partial charge in [0.2, 0.25) is 0 Å². The summed E-state index contributed by atoms with van der Waals surface area (Å²) in [5.41, 5.74) is 0.399. The number of benzene rings is 2. The van der Waals surface area contributed by atoms with E-state index in [2.05, 4.69) is 22.0 Å². The van der Waals surface area contributed by atoms with Gasteiger partial charge < -0.3 is 19.7 Å². The van der Waals surface area contributed by atoms with Crippen molar-refractivity contribution in [3.05, 3.63) is 47.5 Å². The third-order valence-electron chi connectivity index (χ3n) is 5.07. The number of rotatable bonds is 9. The van der Waals surface area contributed by atoms with Gasteiger partial charge in [0.05, 0.1) is 16.5 Å². The molecule has 3 rings (SSSR count). The van der Waals surface area contributed by atoms with Crippen LogP contribution < -0.4 is 19.5 Å². The van der Waals surface area contributed by atoms with Gasteiger partial charge in [0.25, 0.3) is 15.9 Å². The zero-order valence-electron chi connectivity index (χ0n) is 18.1. The predicted octanol–water partition coefficient (Wildman–Crippen LogP) is 3.13. The van der Waals surface area contributed by atoms with Crippen molar-refractivity contribution in [1.82, 2.24) is 10.2 Å². The van der Waals surface area contributed by atoms with E-state index in [0.29, 0.717) is 18.0 Å². The minimum absolute atomic E-state index is 0.0143. The molecule has 1 aliphatic heterocycles. The van der Waals surface area contributed by atoms with Crippen LogP contribution in [0.1, 0.15) is 19.8 Å². The Morgan fingerprint density at radius 2 is 1.81 bits per heavy atom. The van der Waals surface area contributed by atoms with E-state index in [1.807, 2.05) is 6.92 Å². The van der Waals surface area contributed by atoms with Gasteiger partial charge in [-0.25, -0.2) is 8.42 Å². The molecule has 0 aromatic heterocycles. The highest BCUT2D eigenvalue weighted by Gasteiger charge is 2.20. The molecule has 0 bridgehead atoms. The van der Waals surface area contributed by atoms with Crippen molar-refractivity contribution in [3.8, 4) is 11.5 Å². The third kappa shape index (κ3) is 6.75. The van der Waals surface area contributed by atoms with Crippen LogP contribution in [0.2, 0.25) is 5.02 Å². The minimum atomic E-state index is -3.85. The first-order valence-corrected chi connectivity index (χ1v) is 12.3. The number of sulfonamides is 1. The highest BCUT2D eigenvalue weighted by atomic mass is 35.5. The molecule has 1 saturated heterocycles. The Morgan fingerprint density at radius 3 is 2.44 bits per heavy atom. The molecule has 0 radical (unpaired) electrons. The molecule has 2 aromatic rings. The molecule has 174 valence electrons. The van der Waals surface area contributed by atoms with E-state index in [9.17, 15) is 13.2 Å². The summed E-state index contributed by atoms with van der Waals surface area (Å²) in [5.74, 6) is 0.662. The number of hydrogen-bond donors (Lipinski definition) is 2. The number of halogens is 1. The lowest BCUT2D eigenvalue weighted by atomic mass is 10.1. The maximum absolute atomic E-state index is 12.7. The molecule has 32 heavy (non-hydrogen) atoms. The Kier molecular flexibility index (Phi) is 8.22. The fraction of sp³-hybridized carbons (Fsp3) is 0.409. The first kappa shape index (κ1) is 24.2. The monoisotopic (exact) mass is 481 g/mol. The van der Waals surface area contributed by atoms with Gasteiger partial charge >= 0.3 is 0 Å². The SMILES string of the molecule is CCOc1ccc(NS(=O)(=O)c2ccc(OCC(=O)NC3CCN(C)CC3)c(Cl)c2)cc1. The normalized spacial score (nSPS) is 15.2. The average Bonchev–Trinajstić information content (AvgIpc) is 2.76. The van der Waals surface area contributed by atoms with Crippen molar-refractivity contribution < 1.29 is 22.7 Å². The molecule has 1 fully saturated rings. The number of hydrogen-bond acceptors (Lipinski definition) is 6. The van der Waals surface area contributed by atoms with E-state index in [4.69, 9.17) is 21.1 Å². The lowest BCUT2D eigenvalue weighted by Crippen LogP contribution is -2.44. The molecule has 0 unspecified atom stereocenters. The Morgan fingerprint density at radius 1 is 1.12 bits per heavy atom. The van der Waals surface area contributed by atoms with Crippen molar-refractivity contribution in [1.29, 1.82) is 0 Å². The van der Waals surface area contributed by atoms with E-state index < -0.39 is 10.0 Å². The van der Waals surface area contributed by atoms with Crippen molar-refractivity contribution >= 4 is 33.2 Å². The lowest BCUT2D eigenvalue weighted by molar-refractivity contribution is -0.124. The third-order valence-corrected chi connectivity index (χ3v) is 6.75. The Hall–Kier alpha value is -2.49. The highest BCUT2D eigenvalue weighted by Crippen LogP contribution is 2.28. The first-order valence-electron chi connectivity index (χ1n) is 10.4. The molecule has 1 aliphatic rings. The lowest BCUT2D eigenvalue weighted by Gasteiger charge is -2.29.